The van der Waals surface area contributed by atoms with Gasteiger partial charge in [0.25, 0.3) is 0 Å². The Morgan fingerprint density at radius 2 is 2.23 bits per heavy atom. The van der Waals surface area contributed by atoms with Crippen LogP contribution in [0, 0.1) is 0 Å². The van der Waals surface area contributed by atoms with Crippen LogP contribution in [-0.2, 0) is 13.0 Å². The van der Waals surface area contributed by atoms with E-state index in [0.717, 1.165) is 31.0 Å². The Hall–Kier alpha value is -1.16. The van der Waals surface area contributed by atoms with E-state index in [2.05, 4.69) is 15.3 Å². The first kappa shape index (κ1) is 8.44. The van der Waals surface area contributed by atoms with Crippen LogP contribution in [0.3, 0.4) is 0 Å². The molecule has 1 aliphatic rings. The monoisotopic (exact) mass is 178 g/mol. The fraction of sp³-hybridized carbons (Fsp3) is 0.556. The SMILES string of the molecule is CN(C)c1ncnc2c1CCNC2. The summed E-state index contributed by atoms with van der Waals surface area (Å²) in [7, 11) is 4.04. The lowest BCUT2D eigenvalue weighted by molar-refractivity contribution is 0.622. The molecular formula is C9H14N4. The third kappa shape index (κ3) is 1.49. The summed E-state index contributed by atoms with van der Waals surface area (Å²) in [4.78, 5) is 10.6. The molecule has 0 saturated heterocycles. The largest absolute Gasteiger partial charge is 0.362 e. The molecule has 1 aliphatic heterocycles. The average Bonchev–Trinajstić information content (AvgIpc) is 2.17. The topological polar surface area (TPSA) is 41.1 Å². The van der Waals surface area contributed by atoms with E-state index in [4.69, 9.17) is 0 Å². The Kier molecular flexibility index (Phi) is 2.14. The van der Waals surface area contributed by atoms with Crippen LogP contribution in [0.25, 0.3) is 0 Å². The molecule has 0 atom stereocenters. The molecular weight excluding hydrogens is 164 g/mol. The number of nitrogens with one attached hydrogen (secondary N) is 1. The second-order valence-electron chi connectivity index (χ2n) is 3.44. The molecule has 0 saturated carbocycles. The maximum absolute atomic E-state index is 4.28. The smallest absolute Gasteiger partial charge is 0.135 e. The number of nitrogens with zero attached hydrogens (tertiary/aromatic N) is 3. The molecule has 4 nitrogen and oxygen atoms in total. The second kappa shape index (κ2) is 3.30. The van der Waals surface area contributed by atoms with Crippen LogP contribution in [0.5, 0.6) is 0 Å². The van der Waals surface area contributed by atoms with Crippen LogP contribution in [0.15, 0.2) is 6.33 Å². The summed E-state index contributed by atoms with van der Waals surface area (Å²) < 4.78 is 0. The summed E-state index contributed by atoms with van der Waals surface area (Å²) in [5, 5.41) is 3.30. The van der Waals surface area contributed by atoms with Crippen molar-refractivity contribution in [3.05, 3.63) is 17.6 Å². The predicted octanol–water partition coefficient (Wildman–Crippen LogP) is 0.188. The third-order valence-corrected chi connectivity index (χ3v) is 2.28. The Bertz CT molecular complexity index is 308. The molecule has 2 rings (SSSR count). The summed E-state index contributed by atoms with van der Waals surface area (Å²) >= 11 is 0. The van der Waals surface area contributed by atoms with Crippen molar-refractivity contribution in [1.82, 2.24) is 15.3 Å². The number of hydrogen-bond acceptors (Lipinski definition) is 4. The Morgan fingerprint density at radius 3 is 3.00 bits per heavy atom. The average molecular weight is 178 g/mol. The standard InChI is InChI=1S/C9H14N4/c1-13(2)9-7-3-4-10-5-8(7)11-6-12-9/h6,10H,3-5H2,1-2H3. The summed E-state index contributed by atoms with van der Waals surface area (Å²) in [5.74, 6) is 1.06. The maximum Gasteiger partial charge on any atom is 0.135 e. The van der Waals surface area contributed by atoms with E-state index in [0.29, 0.717) is 0 Å². The number of fused-ring (bicyclic) bond motifs is 1. The van der Waals surface area contributed by atoms with Gasteiger partial charge in [0.2, 0.25) is 0 Å². The van der Waals surface area contributed by atoms with Crippen LogP contribution >= 0.6 is 0 Å². The van der Waals surface area contributed by atoms with E-state index in [9.17, 15) is 0 Å². The van der Waals surface area contributed by atoms with Crippen molar-refractivity contribution in [2.75, 3.05) is 25.5 Å². The van der Waals surface area contributed by atoms with Gasteiger partial charge in [-0.1, -0.05) is 0 Å². The lowest BCUT2D eigenvalue weighted by Crippen LogP contribution is -2.27. The highest BCUT2D eigenvalue weighted by atomic mass is 15.1. The minimum Gasteiger partial charge on any atom is -0.362 e. The molecule has 4 heteroatoms. The van der Waals surface area contributed by atoms with Gasteiger partial charge >= 0.3 is 0 Å². The lowest BCUT2D eigenvalue weighted by atomic mass is 10.1. The molecule has 1 aromatic rings. The molecule has 70 valence electrons. The Morgan fingerprint density at radius 1 is 1.38 bits per heavy atom. The zero-order chi connectivity index (χ0) is 9.26. The summed E-state index contributed by atoms with van der Waals surface area (Å²) in [6.45, 7) is 1.90. The van der Waals surface area contributed by atoms with Crippen LogP contribution in [-0.4, -0.2) is 30.6 Å². The molecule has 2 heterocycles. The number of rotatable bonds is 1. The van der Waals surface area contributed by atoms with E-state index in [1.807, 2.05) is 19.0 Å². The van der Waals surface area contributed by atoms with Crippen molar-refractivity contribution < 1.29 is 0 Å². The van der Waals surface area contributed by atoms with Gasteiger partial charge in [0.05, 0.1) is 5.69 Å². The van der Waals surface area contributed by atoms with Gasteiger partial charge in [0.1, 0.15) is 12.1 Å². The molecule has 0 radical (unpaired) electrons. The highest BCUT2D eigenvalue weighted by molar-refractivity contribution is 5.48. The Balaban J connectivity index is 2.46. The lowest BCUT2D eigenvalue weighted by Gasteiger charge is -2.21. The molecule has 0 bridgehead atoms. The van der Waals surface area contributed by atoms with Gasteiger partial charge in [-0.05, 0) is 13.0 Å². The van der Waals surface area contributed by atoms with E-state index < -0.39 is 0 Å². The van der Waals surface area contributed by atoms with Gasteiger partial charge in [-0.3, -0.25) is 0 Å². The van der Waals surface area contributed by atoms with Crippen molar-refractivity contribution in [1.29, 1.82) is 0 Å². The van der Waals surface area contributed by atoms with E-state index in [1.165, 1.54) is 5.56 Å². The van der Waals surface area contributed by atoms with Crippen LogP contribution in [0.2, 0.25) is 0 Å². The first-order valence-corrected chi connectivity index (χ1v) is 4.50. The minimum absolute atomic E-state index is 0.874. The highest BCUT2D eigenvalue weighted by Gasteiger charge is 2.15. The summed E-state index contributed by atoms with van der Waals surface area (Å²) in [6.07, 6.45) is 2.67. The van der Waals surface area contributed by atoms with Gasteiger partial charge in [-0.25, -0.2) is 9.97 Å². The molecule has 0 fully saturated rings. The van der Waals surface area contributed by atoms with Crippen molar-refractivity contribution >= 4 is 5.82 Å². The first-order valence-electron chi connectivity index (χ1n) is 4.50. The molecule has 0 spiro atoms. The Labute approximate surface area is 78.0 Å². The van der Waals surface area contributed by atoms with E-state index >= 15 is 0 Å². The van der Waals surface area contributed by atoms with Gasteiger partial charge in [0.15, 0.2) is 0 Å². The maximum atomic E-state index is 4.28. The van der Waals surface area contributed by atoms with Gasteiger partial charge < -0.3 is 10.2 Å². The van der Waals surface area contributed by atoms with Crippen molar-refractivity contribution in [3.63, 3.8) is 0 Å². The normalized spacial score (nSPS) is 15.2. The molecule has 0 unspecified atom stereocenters. The second-order valence-corrected chi connectivity index (χ2v) is 3.44. The van der Waals surface area contributed by atoms with Gasteiger partial charge in [0, 0.05) is 26.2 Å². The van der Waals surface area contributed by atoms with Crippen molar-refractivity contribution in [3.8, 4) is 0 Å². The molecule has 0 aliphatic carbocycles. The van der Waals surface area contributed by atoms with Gasteiger partial charge in [-0.2, -0.15) is 0 Å². The first-order chi connectivity index (χ1) is 6.29. The third-order valence-electron chi connectivity index (χ3n) is 2.28. The number of hydrogen-bond donors (Lipinski definition) is 1. The van der Waals surface area contributed by atoms with Crippen molar-refractivity contribution in [2.45, 2.75) is 13.0 Å². The predicted molar refractivity (Wildman–Crippen MR) is 51.8 cm³/mol. The van der Waals surface area contributed by atoms with Crippen LogP contribution in [0.4, 0.5) is 5.82 Å². The molecule has 0 aromatic carbocycles. The molecule has 0 amide bonds. The van der Waals surface area contributed by atoms with E-state index in [1.54, 1.807) is 6.33 Å². The highest BCUT2D eigenvalue weighted by Crippen LogP contribution is 2.20. The number of aromatic nitrogens is 2. The number of anilines is 1. The molecule has 1 aromatic heterocycles. The summed E-state index contributed by atoms with van der Waals surface area (Å²) in [6, 6.07) is 0. The fourth-order valence-corrected chi connectivity index (χ4v) is 1.65. The van der Waals surface area contributed by atoms with Crippen molar-refractivity contribution in [2.24, 2.45) is 0 Å². The zero-order valence-electron chi connectivity index (χ0n) is 8.04. The fourth-order valence-electron chi connectivity index (χ4n) is 1.65. The van der Waals surface area contributed by atoms with Crippen LogP contribution < -0.4 is 10.2 Å². The van der Waals surface area contributed by atoms with Gasteiger partial charge in [-0.15, -0.1) is 0 Å². The molecule has 1 N–H and O–H groups in total. The minimum atomic E-state index is 0.874. The van der Waals surface area contributed by atoms with E-state index in [-0.39, 0.29) is 0 Å². The van der Waals surface area contributed by atoms with Crippen LogP contribution in [0.1, 0.15) is 11.3 Å². The zero-order valence-corrected chi connectivity index (χ0v) is 8.04. The summed E-state index contributed by atoms with van der Waals surface area (Å²) in [5.41, 5.74) is 2.44. The quantitative estimate of drug-likeness (QED) is 0.666. The molecule has 13 heavy (non-hydrogen) atoms.